The molecule has 27 heavy (non-hydrogen) atoms. The highest BCUT2D eigenvalue weighted by molar-refractivity contribution is 7.20. The Hall–Kier alpha value is -2.74. The van der Waals surface area contributed by atoms with Gasteiger partial charge >= 0.3 is 0 Å². The zero-order valence-corrected chi connectivity index (χ0v) is 16.8. The standard InChI is InChI=1S/C19H23N5O2S/c1-5-6-14-10-17(26)24-18(20-14)27-19(22-24)23(4)11-16(25)21-15-8-7-12(2)9-13(15)3/h7-10H,5-6,11H2,1-4H3,(H,21,25). The van der Waals surface area contributed by atoms with Gasteiger partial charge in [0.25, 0.3) is 5.56 Å². The molecule has 2 heterocycles. The number of nitrogens with one attached hydrogen (secondary N) is 1. The summed E-state index contributed by atoms with van der Waals surface area (Å²) >= 11 is 1.30. The van der Waals surface area contributed by atoms with Crippen LogP contribution in [0.4, 0.5) is 10.8 Å². The summed E-state index contributed by atoms with van der Waals surface area (Å²) in [5, 5.41) is 7.80. The third kappa shape index (κ3) is 4.33. The lowest BCUT2D eigenvalue weighted by Gasteiger charge is -2.15. The minimum atomic E-state index is -0.195. The van der Waals surface area contributed by atoms with Crippen molar-refractivity contribution in [2.24, 2.45) is 0 Å². The van der Waals surface area contributed by atoms with Crippen molar-refractivity contribution in [3.8, 4) is 0 Å². The first-order chi connectivity index (χ1) is 12.9. The van der Waals surface area contributed by atoms with Gasteiger partial charge in [-0.3, -0.25) is 9.59 Å². The van der Waals surface area contributed by atoms with Gasteiger partial charge in [-0.1, -0.05) is 42.4 Å². The number of carbonyl (C=O) groups is 1. The van der Waals surface area contributed by atoms with Crippen LogP contribution in [0.2, 0.25) is 0 Å². The molecule has 2 aromatic heterocycles. The summed E-state index contributed by atoms with van der Waals surface area (Å²) in [7, 11) is 1.78. The maximum atomic E-state index is 12.4. The summed E-state index contributed by atoms with van der Waals surface area (Å²) in [5.74, 6) is -0.143. The molecule has 0 aliphatic carbocycles. The molecule has 7 nitrogen and oxygen atoms in total. The predicted molar refractivity (Wildman–Crippen MR) is 109 cm³/mol. The highest BCUT2D eigenvalue weighted by Gasteiger charge is 2.15. The Morgan fingerprint density at radius 2 is 2.07 bits per heavy atom. The fourth-order valence-corrected chi connectivity index (χ4v) is 3.70. The van der Waals surface area contributed by atoms with Crippen molar-refractivity contribution >= 4 is 33.0 Å². The van der Waals surface area contributed by atoms with Crippen molar-refractivity contribution in [3.05, 3.63) is 51.4 Å². The number of aromatic nitrogens is 3. The van der Waals surface area contributed by atoms with Crippen LogP contribution in [-0.4, -0.2) is 34.1 Å². The molecule has 0 spiro atoms. The van der Waals surface area contributed by atoms with Crippen LogP contribution in [0.5, 0.6) is 0 Å². The molecule has 0 bridgehead atoms. The summed E-state index contributed by atoms with van der Waals surface area (Å²) in [4.78, 5) is 31.4. The fraction of sp³-hybridized carbons (Fsp3) is 0.368. The monoisotopic (exact) mass is 385 g/mol. The maximum absolute atomic E-state index is 12.4. The SMILES string of the molecule is CCCc1cc(=O)n2nc(N(C)CC(=O)Nc3ccc(C)cc3C)sc2n1. The van der Waals surface area contributed by atoms with Crippen molar-refractivity contribution in [2.75, 3.05) is 23.8 Å². The fourth-order valence-electron chi connectivity index (χ4n) is 2.81. The molecule has 0 saturated carbocycles. The van der Waals surface area contributed by atoms with Gasteiger partial charge in [-0.05, 0) is 31.9 Å². The lowest BCUT2D eigenvalue weighted by Crippen LogP contribution is -2.30. The molecule has 1 N–H and O–H groups in total. The second kappa shape index (κ2) is 7.87. The van der Waals surface area contributed by atoms with E-state index in [4.69, 9.17) is 0 Å². The molecule has 1 aromatic carbocycles. The summed E-state index contributed by atoms with van der Waals surface area (Å²) in [6.45, 7) is 6.15. The van der Waals surface area contributed by atoms with E-state index in [1.807, 2.05) is 39.0 Å². The Bertz CT molecular complexity index is 1040. The van der Waals surface area contributed by atoms with Crippen LogP contribution in [0.3, 0.4) is 0 Å². The number of hydrogen-bond donors (Lipinski definition) is 1. The number of hydrogen-bond acceptors (Lipinski definition) is 6. The van der Waals surface area contributed by atoms with Crippen LogP contribution < -0.4 is 15.8 Å². The normalized spacial score (nSPS) is 11.0. The van der Waals surface area contributed by atoms with E-state index in [2.05, 4.69) is 15.4 Å². The molecule has 0 aliphatic rings. The molecule has 142 valence electrons. The third-order valence-corrected chi connectivity index (χ3v) is 5.18. The third-order valence-electron chi connectivity index (χ3n) is 4.16. The number of rotatable bonds is 6. The minimum absolute atomic E-state index is 0.129. The van der Waals surface area contributed by atoms with E-state index in [0.717, 1.165) is 35.3 Å². The molecule has 0 fully saturated rings. The first-order valence-corrected chi connectivity index (χ1v) is 9.67. The van der Waals surface area contributed by atoms with Crippen LogP contribution in [0.1, 0.15) is 30.2 Å². The number of amides is 1. The van der Waals surface area contributed by atoms with Gasteiger partial charge in [-0.15, -0.1) is 5.10 Å². The van der Waals surface area contributed by atoms with Crippen molar-refractivity contribution in [1.82, 2.24) is 14.6 Å². The number of carbonyl (C=O) groups excluding carboxylic acids is 1. The Kier molecular flexibility index (Phi) is 5.55. The number of fused-ring (bicyclic) bond motifs is 1. The molecule has 0 atom stereocenters. The average Bonchev–Trinajstić information content (AvgIpc) is 3.02. The molecule has 0 saturated heterocycles. The van der Waals surface area contributed by atoms with Gasteiger partial charge in [0, 0.05) is 24.5 Å². The van der Waals surface area contributed by atoms with Crippen LogP contribution in [0, 0.1) is 13.8 Å². The zero-order valence-electron chi connectivity index (χ0n) is 15.9. The van der Waals surface area contributed by atoms with E-state index in [1.54, 1.807) is 11.9 Å². The second-order valence-electron chi connectivity index (χ2n) is 6.64. The van der Waals surface area contributed by atoms with Crippen molar-refractivity contribution < 1.29 is 4.79 Å². The maximum Gasteiger partial charge on any atom is 0.275 e. The van der Waals surface area contributed by atoms with Gasteiger partial charge in [0.2, 0.25) is 16.0 Å². The number of anilines is 2. The van der Waals surface area contributed by atoms with Gasteiger partial charge < -0.3 is 10.2 Å². The minimum Gasteiger partial charge on any atom is -0.340 e. The van der Waals surface area contributed by atoms with Gasteiger partial charge in [-0.2, -0.15) is 4.52 Å². The number of aryl methyl sites for hydroxylation is 3. The molecule has 0 radical (unpaired) electrons. The van der Waals surface area contributed by atoms with E-state index in [1.165, 1.54) is 21.9 Å². The van der Waals surface area contributed by atoms with Gasteiger partial charge in [0.15, 0.2) is 0 Å². The number of benzene rings is 1. The first-order valence-electron chi connectivity index (χ1n) is 8.85. The predicted octanol–water partition coefficient (Wildman–Crippen LogP) is 2.80. The molecule has 8 heteroatoms. The Balaban J connectivity index is 1.75. The van der Waals surface area contributed by atoms with E-state index in [9.17, 15) is 9.59 Å². The van der Waals surface area contributed by atoms with Gasteiger partial charge in [-0.25, -0.2) is 4.98 Å². The highest BCUT2D eigenvalue weighted by atomic mass is 32.1. The first kappa shape index (κ1) is 19.0. The number of nitrogens with zero attached hydrogens (tertiary/aromatic N) is 4. The smallest absolute Gasteiger partial charge is 0.275 e. The van der Waals surface area contributed by atoms with E-state index >= 15 is 0 Å². The van der Waals surface area contributed by atoms with Crippen LogP contribution in [-0.2, 0) is 11.2 Å². The highest BCUT2D eigenvalue weighted by Crippen LogP contribution is 2.21. The Labute approximate surface area is 161 Å². The summed E-state index contributed by atoms with van der Waals surface area (Å²) in [6, 6.07) is 7.41. The van der Waals surface area contributed by atoms with Crippen LogP contribution >= 0.6 is 11.3 Å². The second-order valence-corrected chi connectivity index (χ2v) is 7.57. The summed E-state index contributed by atoms with van der Waals surface area (Å²) < 4.78 is 1.29. The Morgan fingerprint density at radius 1 is 1.30 bits per heavy atom. The van der Waals surface area contributed by atoms with Crippen molar-refractivity contribution in [2.45, 2.75) is 33.6 Å². The lowest BCUT2D eigenvalue weighted by atomic mass is 10.1. The summed E-state index contributed by atoms with van der Waals surface area (Å²) in [5.41, 5.74) is 3.54. The molecular weight excluding hydrogens is 362 g/mol. The van der Waals surface area contributed by atoms with E-state index < -0.39 is 0 Å². The van der Waals surface area contributed by atoms with Gasteiger partial charge in [0.1, 0.15) is 0 Å². The quantitative estimate of drug-likeness (QED) is 0.706. The molecule has 0 unspecified atom stereocenters. The number of likely N-dealkylation sites (N-methyl/N-ethyl adjacent to an activating group) is 1. The van der Waals surface area contributed by atoms with Crippen molar-refractivity contribution in [1.29, 1.82) is 0 Å². The van der Waals surface area contributed by atoms with E-state index in [0.29, 0.717) is 10.1 Å². The molecule has 3 aromatic rings. The van der Waals surface area contributed by atoms with Crippen LogP contribution in [0.25, 0.3) is 4.96 Å². The average molecular weight is 385 g/mol. The molecule has 1 amide bonds. The largest absolute Gasteiger partial charge is 0.340 e. The molecule has 0 aliphatic heterocycles. The zero-order chi connectivity index (χ0) is 19.6. The summed E-state index contributed by atoms with van der Waals surface area (Å²) in [6.07, 6.45) is 1.68. The van der Waals surface area contributed by atoms with Gasteiger partial charge in [0.05, 0.1) is 6.54 Å². The van der Waals surface area contributed by atoms with E-state index in [-0.39, 0.29) is 18.0 Å². The molecule has 3 rings (SSSR count). The van der Waals surface area contributed by atoms with Crippen molar-refractivity contribution in [3.63, 3.8) is 0 Å². The topological polar surface area (TPSA) is 79.6 Å². The molecular formula is C19H23N5O2S. The lowest BCUT2D eigenvalue weighted by molar-refractivity contribution is -0.114. The Morgan fingerprint density at radius 3 is 2.78 bits per heavy atom. The van der Waals surface area contributed by atoms with Crippen LogP contribution in [0.15, 0.2) is 29.1 Å².